The molecule has 0 bridgehead atoms. The summed E-state index contributed by atoms with van der Waals surface area (Å²) >= 11 is 0. The van der Waals surface area contributed by atoms with Gasteiger partial charge in [-0.15, -0.1) is 0 Å². The normalized spacial score (nSPS) is 23.6. The van der Waals surface area contributed by atoms with Crippen LogP contribution in [0.25, 0.3) is 0 Å². The third-order valence-corrected chi connectivity index (χ3v) is 6.98. The third kappa shape index (κ3) is 2.82. The SMILES string of the molecule is C[C@@H]1CS(=O)(=O)N(c2cccc(C(=O)N3c4ccccc4C[C@@H]3C)c2)C1=O. The van der Waals surface area contributed by atoms with E-state index in [2.05, 4.69) is 0 Å². The fourth-order valence-corrected chi connectivity index (χ4v) is 5.68. The summed E-state index contributed by atoms with van der Waals surface area (Å²) in [5.74, 6) is -1.45. The molecule has 0 radical (unpaired) electrons. The first-order valence-electron chi connectivity index (χ1n) is 8.88. The van der Waals surface area contributed by atoms with Gasteiger partial charge >= 0.3 is 0 Å². The van der Waals surface area contributed by atoms with Gasteiger partial charge in [0.05, 0.1) is 17.4 Å². The van der Waals surface area contributed by atoms with Crippen LogP contribution in [0.5, 0.6) is 0 Å². The van der Waals surface area contributed by atoms with E-state index in [1.165, 1.54) is 6.07 Å². The van der Waals surface area contributed by atoms with Gasteiger partial charge in [0.2, 0.25) is 15.9 Å². The molecule has 0 N–H and O–H groups in total. The van der Waals surface area contributed by atoms with Crippen LogP contribution in [0.1, 0.15) is 29.8 Å². The first kappa shape index (κ1) is 17.7. The van der Waals surface area contributed by atoms with E-state index in [9.17, 15) is 18.0 Å². The minimum atomic E-state index is -3.70. The van der Waals surface area contributed by atoms with Crippen LogP contribution in [0.3, 0.4) is 0 Å². The number of hydrogen-bond donors (Lipinski definition) is 0. The maximum Gasteiger partial charge on any atom is 0.258 e. The first-order chi connectivity index (χ1) is 12.8. The molecule has 0 aromatic heterocycles. The van der Waals surface area contributed by atoms with E-state index >= 15 is 0 Å². The zero-order valence-electron chi connectivity index (χ0n) is 15.1. The molecule has 0 spiro atoms. The summed E-state index contributed by atoms with van der Waals surface area (Å²) in [6.45, 7) is 3.58. The van der Waals surface area contributed by atoms with Gasteiger partial charge in [0.25, 0.3) is 5.91 Å². The molecular weight excluding hydrogens is 364 g/mol. The highest BCUT2D eigenvalue weighted by Crippen LogP contribution is 2.34. The van der Waals surface area contributed by atoms with Crippen LogP contribution in [0.2, 0.25) is 0 Å². The van der Waals surface area contributed by atoms with Crippen molar-refractivity contribution in [2.45, 2.75) is 26.3 Å². The van der Waals surface area contributed by atoms with Crippen molar-refractivity contribution in [3.05, 3.63) is 59.7 Å². The lowest BCUT2D eigenvalue weighted by Crippen LogP contribution is -2.36. The van der Waals surface area contributed by atoms with E-state index < -0.39 is 21.8 Å². The van der Waals surface area contributed by atoms with Crippen LogP contribution < -0.4 is 9.21 Å². The highest BCUT2D eigenvalue weighted by Gasteiger charge is 2.42. The Bertz CT molecular complexity index is 1050. The Hall–Kier alpha value is -2.67. The standard InChI is InChI=1S/C20H20N2O4S/c1-13-12-27(25,26)22(19(13)23)17-8-5-7-16(11-17)20(24)21-14(2)10-15-6-3-4-9-18(15)21/h3-9,11,13-14H,10,12H2,1-2H3/t13-,14+/m1/s1. The summed E-state index contributed by atoms with van der Waals surface area (Å²) in [7, 11) is -3.70. The maximum atomic E-state index is 13.2. The van der Waals surface area contributed by atoms with Gasteiger partial charge in [-0.2, -0.15) is 0 Å². The van der Waals surface area contributed by atoms with Gasteiger partial charge in [-0.1, -0.05) is 31.2 Å². The molecule has 0 saturated carbocycles. The Labute approximate surface area is 158 Å². The molecule has 6 nitrogen and oxygen atoms in total. The second-order valence-electron chi connectivity index (χ2n) is 7.19. The second kappa shape index (κ2) is 6.20. The number of rotatable bonds is 2. The zero-order chi connectivity index (χ0) is 19.3. The van der Waals surface area contributed by atoms with Crippen LogP contribution >= 0.6 is 0 Å². The van der Waals surface area contributed by atoms with E-state index in [1.807, 2.05) is 31.2 Å². The molecule has 2 aliphatic heterocycles. The molecule has 140 valence electrons. The highest BCUT2D eigenvalue weighted by atomic mass is 32.2. The van der Waals surface area contributed by atoms with Crippen molar-refractivity contribution >= 4 is 33.2 Å². The lowest BCUT2D eigenvalue weighted by molar-refractivity contribution is -0.119. The van der Waals surface area contributed by atoms with E-state index in [1.54, 1.807) is 30.0 Å². The molecule has 2 heterocycles. The summed E-state index contributed by atoms with van der Waals surface area (Å²) < 4.78 is 25.5. The third-order valence-electron chi connectivity index (χ3n) is 5.11. The Morgan fingerprint density at radius 3 is 2.52 bits per heavy atom. The Balaban J connectivity index is 1.72. The minimum Gasteiger partial charge on any atom is -0.305 e. The quantitative estimate of drug-likeness (QED) is 0.798. The summed E-state index contributed by atoms with van der Waals surface area (Å²) in [5.41, 5.74) is 2.56. The largest absolute Gasteiger partial charge is 0.305 e. The van der Waals surface area contributed by atoms with Crippen LogP contribution in [-0.4, -0.2) is 32.0 Å². The smallest absolute Gasteiger partial charge is 0.258 e. The molecule has 2 amide bonds. The predicted octanol–water partition coefficient (Wildman–Crippen LogP) is 2.59. The number of sulfonamides is 1. The lowest BCUT2D eigenvalue weighted by atomic mass is 10.1. The molecule has 2 aromatic rings. The van der Waals surface area contributed by atoms with E-state index in [0.717, 1.165) is 22.0 Å². The van der Waals surface area contributed by atoms with Crippen molar-refractivity contribution < 1.29 is 18.0 Å². The van der Waals surface area contributed by atoms with Gasteiger partial charge in [0.15, 0.2) is 0 Å². The molecule has 2 aliphatic rings. The van der Waals surface area contributed by atoms with Crippen LogP contribution in [0.4, 0.5) is 11.4 Å². The number of carbonyl (C=O) groups excluding carboxylic acids is 2. The molecule has 0 aliphatic carbocycles. The van der Waals surface area contributed by atoms with Crippen molar-refractivity contribution in [2.75, 3.05) is 15.0 Å². The van der Waals surface area contributed by atoms with Crippen molar-refractivity contribution in [1.29, 1.82) is 0 Å². The molecule has 2 aromatic carbocycles. The average Bonchev–Trinajstić information content (AvgIpc) is 3.06. The molecule has 7 heteroatoms. The van der Waals surface area contributed by atoms with Gasteiger partial charge in [0.1, 0.15) is 0 Å². The van der Waals surface area contributed by atoms with Crippen LogP contribution in [0, 0.1) is 5.92 Å². The fourth-order valence-electron chi connectivity index (χ4n) is 3.87. The Morgan fingerprint density at radius 1 is 1.07 bits per heavy atom. The topological polar surface area (TPSA) is 74.8 Å². The summed E-state index contributed by atoms with van der Waals surface area (Å²) in [4.78, 5) is 27.2. The fraction of sp³-hybridized carbons (Fsp3) is 0.300. The second-order valence-corrected chi connectivity index (χ2v) is 9.05. The number of fused-ring (bicyclic) bond motifs is 1. The average molecular weight is 384 g/mol. The molecule has 2 atom stereocenters. The van der Waals surface area contributed by atoms with Crippen LogP contribution in [-0.2, 0) is 21.2 Å². The lowest BCUT2D eigenvalue weighted by Gasteiger charge is -2.23. The van der Waals surface area contributed by atoms with E-state index in [0.29, 0.717) is 5.56 Å². The number of carbonyl (C=O) groups is 2. The number of benzene rings is 2. The summed E-state index contributed by atoms with van der Waals surface area (Å²) in [6, 6.07) is 14.1. The highest BCUT2D eigenvalue weighted by molar-refractivity contribution is 7.94. The minimum absolute atomic E-state index is 0.00993. The number of anilines is 2. The number of hydrogen-bond acceptors (Lipinski definition) is 4. The van der Waals surface area contributed by atoms with Crippen molar-refractivity contribution in [3.8, 4) is 0 Å². The van der Waals surface area contributed by atoms with E-state index in [-0.39, 0.29) is 23.4 Å². The van der Waals surface area contributed by atoms with Gasteiger partial charge in [-0.05, 0) is 43.2 Å². The molecule has 1 fully saturated rings. The number of amides is 2. The molecule has 1 saturated heterocycles. The summed E-state index contributed by atoms with van der Waals surface area (Å²) in [6.07, 6.45) is 0.776. The predicted molar refractivity (Wildman–Crippen MR) is 103 cm³/mol. The van der Waals surface area contributed by atoms with Gasteiger partial charge < -0.3 is 4.90 Å². The molecule has 27 heavy (non-hydrogen) atoms. The van der Waals surface area contributed by atoms with Crippen LogP contribution in [0.15, 0.2) is 48.5 Å². The number of para-hydroxylation sites is 1. The Kier molecular flexibility index (Phi) is 4.07. The van der Waals surface area contributed by atoms with Gasteiger partial charge in [0, 0.05) is 17.3 Å². The first-order valence-corrected chi connectivity index (χ1v) is 10.5. The zero-order valence-corrected chi connectivity index (χ0v) is 15.9. The van der Waals surface area contributed by atoms with Crippen molar-refractivity contribution in [1.82, 2.24) is 0 Å². The Morgan fingerprint density at radius 2 is 1.81 bits per heavy atom. The van der Waals surface area contributed by atoms with Gasteiger partial charge in [-0.3, -0.25) is 9.59 Å². The van der Waals surface area contributed by atoms with Gasteiger partial charge in [-0.25, -0.2) is 12.7 Å². The summed E-state index contributed by atoms with van der Waals surface area (Å²) in [5, 5.41) is 0. The molecular formula is C20H20N2O4S. The van der Waals surface area contributed by atoms with Crippen molar-refractivity contribution in [2.24, 2.45) is 5.92 Å². The molecule has 4 rings (SSSR count). The van der Waals surface area contributed by atoms with Crippen molar-refractivity contribution in [3.63, 3.8) is 0 Å². The monoisotopic (exact) mass is 384 g/mol. The number of nitrogens with zero attached hydrogens (tertiary/aromatic N) is 2. The molecule has 0 unspecified atom stereocenters. The van der Waals surface area contributed by atoms with E-state index in [4.69, 9.17) is 0 Å². The maximum absolute atomic E-state index is 13.2.